The molecule has 2 amide bonds. The highest BCUT2D eigenvalue weighted by atomic mass is 16.5. The number of hydrogen-bond acceptors (Lipinski definition) is 5. The van der Waals surface area contributed by atoms with Gasteiger partial charge >= 0.3 is 0 Å². The lowest BCUT2D eigenvalue weighted by atomic mass is 10.2. The molecule has 0 unspecified atom stereocenters. The summed E-state index contributed by atoms with van der Waals surface area (Å²) in [5, 5.41) is 8.76. The van der Waals surface area contributed by atoms with Gasteiger partial charge in [0.15, 0.2) is 6.61 Å². The summed E-state index contributed by atoms with van der Waals surface area (Å²) in [6.07, 6.45) is 2.54. The van der Waals surface area contributed by atoms with Crippen molar-refractivity contribution in [2.75, 3.05) is 29.5 Å². The van der Waals surface area contributed by atoms with Gasteiger partial charge in [-0.1, -0.05) is 0 Å². The van der Waals surface area contributed by atoms with Gasteiger partial charge in [0, 0.05) is 25.1 Å². The number of nitrogens with two attached hydrogens (primary N) is 1. The van der Waals surface area contributed by atoms with E-state index < -0.39 is 0 Å². The van der Waals surface area contributed by atoms with E-state index in [-0.39, 0.29) is 18.4 Å². The highest BCUT2D eigenvalue weighted by molar-refractivity contribution is 5.97. The number of nitrogens with one attached hydrogen (secondary N) is 3. The molecular weight excluding hydrogens is 272 g/mol. The third-order valence-electron chi connectivity index (χ3n) is 3.39. The minimum Gasteiger partial charge on any atom is -0.482 e. The van der Waals surface area contributed by atoms with Crippen LogP contribution in [-0.2, 0) is 9.59 Å². The summed E-state index contributed by atoms with van der Waals surface area (Å²) < 4.78 is 5.28. The average molecular weight is 290 g/mol. The summed E-state index contributed by atoms with van der Waals surface area (Å²) in [4.78, 5) is 22.9. The zero-order chi connectivity index (χ0) is 14.8. The second kappa shape index (κ2) is 5.51. The van der Waals surface area contributed by atoms with Crippen molar-refractivity contribution < 1.29 is 14.3 Å². The normalized spacial score (nSPS) is 16.5. The molecule has 1 heterocycles. The molecule has 0 aromatic heterocycles. The lowest BCUT2D eigenvalue weighted by Gasteiger charge is -2.20. The molecule has 3 rings (SSSR count). The maximum Gasteiger partial charge on any atom is 0.262 e. The van der Waals surface area contributed by atoms with Crippen LogP contribution in [0.15, 0.2) is 12.1 Å². The number of carbonyl (C=O) groups excluding carboxylic acids is 2. The number of amides is 2. The van der Waals surface area contributed by atoms with Gasteiger partial charge < -0.3 is 26.4 Å². The van der Waals surface area contributed by atoms with Crippen molar-refractivity contribution in [3.05, 3.63) is 12.1 Å². The number of rotatable bonds is 5. The number of hydrogen-bond donors (Lipinski definition) is 4. The minimum absolute atomic E-state index is 0.000549. The first-order valence-electron chi connectivity index (χ1n) is 7.01. The van der Waals surface area contributed by atoms with Gasteiger partial charge in [0.05, 0.1) is 17.1 Å². The Hall–Kier alpha value is -2.44. The van der Waals surface area contributed by atoms with Crippen molar-refractivity contribution in [2.24, 2.45) is 0 Å². The fraction of sp³-hybridized carbons (Fsp3) is 0.429. The van der Waals surface area contributed by atoms with E-state index in [2.05, 4.69) is 16.0 Å². The van der Waals surface area contributed by atoms with Gasteiger partial charge in [-0.05, 0) is 18.9 Å². The fourth-order valence-electron chi connectivity index (χ4n) is 2.13. The highest BCUT2D eigenvalue weighted by Gasteiger charge is 2.23. The third-order valence-corrected chi connectivity index (χ3v) is 3.39. The topological polar surface area (TPSA) is 105 Å². The molecule has 1 aliphatic carbocycles. The summed E-state index contributed by atoms with van der Waals surface area (Å²) in [5.74, 6) is 0.407. The van der Waals surface area contributed by atoms with Crippen LogP contribution in [-0.4, -0.2) is 31.0 Å². The van der Waals surface area contributed by atoms with Crippen molar-refractivity contribution in [1.29, 1.82) is 0 Å². The number of ether oxygens (including phenoxy) is 1. The lowest BCUT2D eigenvalue weighted by Crippen LogP contribution is -2.27. The molecule has 0 atom stereocenters. The Labute approximate surface area is 122 Å². The molecule has 112 valence electrons. The summed E-state index contributed by atoms with van der Waals surface area (Å²) >= 11 is 0. The largest absolute Gasteiger partial charge is 0.482 e. The monoisotopic (exact) mass is 290 g/mol. The van der Waals surface area contributed by atoms with Gasteiger partial charge in [-0.15, -0.1) is 0 Å². The molecule has 7 nitrogen and oxygen atoms in total. The molecule has 0 bridgehead atoms. The van der Waals surface area contributed by atoms with E-state index in [9.17, 15) is 9.59 Å². The Morgan fingerprint density at radius 3 is 3.00 bits per heavy atom. The molecule has 7 heteroatoms. The number of fused-ring (bicyclic) bond motifs is 1. The molecule has 21 heavy (non-hydrogen) atoms. The smallest absolute Gasteiger partial charge is 0.262 e. The number of carbonyl (C=O) groups is 2. The predicted octanol–water partition coefficient (Wildman–Crippen LogP) is 0.680. The first-order chi connectivity index (χ1) is 10.1. The van der Waals surface area contributed by atoms with Crippen molar-refractivity contribution in [1.82, 2.24) is 5.32 Å². The van der Waals surface area contributed by atoms with Crippen molar-refractivity contribution in [2.45, 2.75) is 25.3 Å². The molecule has 0 radical (unpaired) electrons. The molecular formula is C14H18N4O3. The second-order valence-corrected chi connectivity index (χ2v) is 5.29. The zero-order valence-corrected chi connectivity index (χ0v) is 11.6. The second-order valence-electron chi connectivity index (χ2n) is 5.29. The van der Waals surface area contributed by atoms with E-state index in [1.54, 1.807) is 12.1 Å². The SMILES string of the molecule is Nc1cc2c(cc1NCCC(=O)NC1CC1)NC(=O)CO2. The Balaban J connectivity index is 1.58. The predicted molar refractivity (Wildman–Crippen MR) is 79.3 cm³/mol. The molecule has 5 N–H and O–H groups in total. The van der Waals surface area contributed by atoms with Crippen molar-refractivity contribution in [3.63, 3.8) is 0 Å². The first kappa shape index (κ1) is 13.5. The Bertz CT molecular complexity index is 584. The van der Waals surface area contributed by atoms with E-state index in [0.717, 1.165) is 12.8 Å². The van der Waals surface area contributed by atoms with Crippen LogP contribution in [0.25, 0.3) is 0 Å². The minimum atomic E-state index is -0.193. The van der Waals surface area contributed by atoms with Crippen LogP contribution in [0.4, 0.5) is 17.1 Å². The number of anilines is 3. The first-order valence-corrected chi connectivity index (χ1v) is 7.01. The maximum absolute atomic E-state index is 11.6. The van der Waals surface area contributed by atoms with E-state index >= 15 is 0 Å². The van der Waals surface area contributed by atoms with Crippen LogP contribution in [0.5, 0.6) is 5.75 Å². The molecule has 1 aromatic rings. The molecule has 0 saturated heterocycles. The Morgan fingerprint density at radius 2 is 2.24 bits per heavy atom. The van der Waals surface area contributed by atoms with Crippen molar-refractivity contribution >= 4 is 28.9 Å². The fourth-order valence-corrected chi connectivity index (χ4v) is 2.13. The van der Waals surface area contributed by atoms with Crippen LogP contribution in [0.3, 0.4) is 0 Å². The quantitative estimate of drug-likeness (QED) is 0.597. The van der Waals surface area contributed by atoms with Gasteiger partial charge in [0.1, 0.15) is 5.75 Å². The molecule has 1 saturated carbocycles. The molecule has 1 fully saturated rings. The summed E-state index contributed by atoms with van der Waals surface area (Å²) in [5.41, 5.74) is 7.72. The van der Waals surface area contributed by atoms with Crippen LogP contribution in [0.1, 0.15) is 19.3 Å². The third kappa shape index (κ3) is 3.36. The summed E-state index contributed by atoms with van der Waals surface area (Å²) in [6.45, 7) is 0.483. The number of nitrogen functional groups attached to an aromatic ring is 1. The van der Waals surface area contributed by atoms with Crippen molar-refractivity contribution in [3.8, 4) is 5.75 Å². The molecule has 0 spiro atoms. The van der Waals surface area contributed by atoms with Gasteiger partial charge in [-0.25, -0.2) is 0 Å². The van der Waals surface area contributed by atoms with Gasteiger partial charge in [0.25, 0.3) is 5.91 Å². The zero-order valence-electron chi connectivity index (χ0n) is 11.6. The Kier molecular flexibility index (Phi) is 3.55. The maximum atomic E-state index is 11.6. The molecule has 1 aliphatic heterocycles. The van der Waals surface area contributed by atoms with E-state index in [4.69, 9.17) is 10.5 Å². The van der Waals surface area contributed by atoms with Crippen LogP contribution < -0.4 is 26.4 Å². The number of benzene rings is 1. The van der Waals surface area contributed by atoms with Gasteiger partial charge in [0.2, 0.25) is 5.91 Å². The molecule has 1 aromatic carbocycles. The lowest BCUT2D eigenvalue weighted by molar-refractivity contribution is -0.121. The van der Waals surface area contributed by atoms with Gasteiger partial charge in [-0.2, -0.15) is 0 Å². The standard InChI is InChI=1S/C14H18N4O3/c15-9-5-12-11(18-14(20)7-21-12)6-10(9)16-4-3-13(19)17-8-1-2-8/h5-6,8,16H,1-4,7,15H2,(H,17,19)(H,18,20). The highest BCUT2D eigenvalue weighted by Crippen LogP contribution is 2.35. The Morgan fingerprint density at radius 1 is 1.43 bits per heavy atom. The molecule has 2 aliphatic rings. The van der Waals surface area contributed by atoms with Crippen LogP contribution >= 0.6 is 0 Å². The van der Waals surface area contributed by atoms with E-state index in [1.165, 1.54) is 0 Å². The average Bonchev–Trinajstić information content (AvgIpc) is 3.23. The van der Waals surface area contributed by atoms with Crippen LogP contribution in [0, 0.1) is 0 Å². The van der Waals surface area contributed by atoms with Gasteiger partial charge in [-0.3, -0.25) is 9.59 Å². The summed E-state index contributed by atoms with van der Waals surface area (Å²) in [7, 11) is 0. The van der Waals surface area contributed by atoms with E-state index in [1.807, 2.05) is 0 Å². The van der Waals surface area contributed by atoms with Crippen LogP contribution in [0.2, 0.25) is 0 Å². The summed E-state index contributed by atoms with van der Waals surface area (Å²) in [6, 6.07) is 3.76. The van der Waals surface area contributed by atoms with E-state index in [0.29, 0.717) is 41.8 Å².